The number of pyridine rings is 1. The maximum atomic E-state index is 13.8. The van der Waals surface area contributed by atoms with Gasteiger partial charge in [0, 0.05) is 31.6 Å². The first kappa shape index (κ1) is 22.3. The van der Waals surface area contributed by atoms with Gasteiger partial charge in [-0.1, -0.05) is 78.9 Å². The monoisotopic (exact) mass is 473 g/mol. The topological polar surface area (TPSA) is 49.6 Å². The van der Waals surface area contributed by atoms with Gasteiger partial charge in [-0.3, -0.25) is 9.69 Å². The van der Waals surface area contributed by atoms with Gasteiger partial charge in [0.05, 0.1) is 23.4 Å². The fraction of sp³-hybridized carbons (Fsp3) is 0.161. The average molecular weight is 474 g/mol. The fourth-order valence-corrected chi connectivity index (χ4v) is 5.14. The van der Waals surface area contributed by atoms with E-state index in [1.54, 1.807) is 6.26 Å². The van der Waals surface area contributed by atoms with Crippen molar-refractivity contribution in [3.8, 4) is 11.5 Å². The van der Waals surface area contributed by atoms with Crippen molar-refractivity contribution in [2.75, 3.05) is 26.2 Å². The number of hydrogen-bond acceptors (Lipinski definition) is 4. The maximum absolute atomic E-state index is 13.8. The van der Waals surface area contributed by atoms with Crippen molar-refractivity contribution in [1.29, 1.82) is 0 Å². The summed E-state index contributed by atoms with van der Waals surface area (Å²) < 4.78 is 5.58. The third-order valence-corrected chi connectivity index (χ3v) is 6.92. The van der Waals surface area contributed by atoms with Gasteiger partial charge in [-0.25, -0.2) is 4.98 Å². The summed E-state index contributed by atoms with van der Waals surface area (Å²) in [5.41, 5.74) is 4.68. The van der Waals surface area contributed by atoms with Gasteiger partial charge >= 0.3 is 0 Å². The molecule has 6 rings (SSSR count). The molecule has 1 fully saturated rings. The summed E-state index contributed by atoms with van der Waals surface area (Å²) in [6, 6.07) is 34.8. The molecule has 36 heavy (non-hydrogen) atoms. The molecule has 0 saturated carbocycles. The third-order valence-electron chi connectivity index (χ3n) is 6.92. The summed E-state index contributed by atoms with van der Waals surface area (Å²) in [6.45, 7) is 2.94. The van der Waals surface area contributed by atoms with Crippen molar-refractivity contribution in [3.05, 3.63) is 126 Å². The molecule has 0 bridgehead atoms. The molecule has 1 saturated heterocycles. The molecule has 0 spiro atoms. The minimum atomic E-state index is 0.0389. The van der Waals surface area contributed by atoms with Gasteiger partial charge in [-0.05, 0) is 35.4 Å². The Morgan fingerprint density at radius 3 is 2.03 bits per heavy atom. The summed E-state index contributed by atoms with van der Waals surface area (Å²) >= 11 is 0. The van der Waals surface area contributed by atoms with Crippen molar-refractivity contribution >= 4 is 16.8 Å². The molecular weight excluding hydrogens is 446 g/mol. The SMILES string of the molecule is O=C(c1cc(-c2ccco2)nc2ccccc12)N1CCN(C(c2ccccc2)c2ccccc2)CC1. The molecular formula is C31H27N3O2. The first-order chi connectivity index (χ1) is 17.8. The van der Waals surface area contributed by atoms with Gasteiger partial charge in [0.1, 0.15) is 5.69 Å². The zero-order valence-electron chi connectivity index (χ0n) is 20.0. The van der Waals surface area contributed by atoms with Gasteiger partial charge in [0.25, 0.3) is 5.91 Å². The number of fused-ring (bicyclic) bond motifs is 1. The minimum Gasteiger partial charge on any atom is -0.463 e. The van der Waals surface area contributed by atoms with E-state index in [9.17, 15) is 4.79 Å². The number of para-hydroxylation sites is 1. The average Bonchev–Trinajstić information content (AvgIpc) is 3.49. The highest BCUT2D eigenvalue weighted by Gasteiger charge is 2.29. The number of rotatable bonds is 5. The van der Waals surface area contributed by atoms with Gasteiger partial charge < -0.3 is 9.32 Å². The van der Waals surface area contributed by atoms with Crippen molar-refractivity contribution in [1.82, 2.24) is 14.8 Å². The van der Waals surface area contributed by atoms with Crippen molar-refractivity contribution in [2.45, 2.75) is 6.04 Å². The lowest BCUT2D eigenvalue weighted by molar-refractivity contribution is 0.0599. The predicted octanol–water partition coefficient (Wildman–Crippen LogP) is 6.04. The zero-order chi connectivity index (χ0) is 24.3. The van der Waals surface area contributed by atoms with Crippen LogP contribution in [0.15, 0.2) is 114 Å². The summed E-state index contributed by atoms with van der Waals surface area (Å²) in [4.78, 5) is 23.0. The van der Waals surface area contributed by atoms with Crippen LogP contribution >= 0.6 is 0 Å². The second-order valence-corrected chi connectivity index (χ2v) is 9.10. The molecule has 3 heterocycles. The Labute approximate surface area is 210 Å². The largest absolute Gasteiger partial charge is 0.463 e. The molecule has 2 aromatic heterocycles. The third kappa shape index (κ3) is 4.30. The van der Waals surface area contributed by atoms with Crippen LogP contribution in [0.25, 0.3) is 22.4 Å². The molecule has 1 amide bonds. The standard InChI is InChI=1S/C31H27N3O2/c35-31(26-22-28(29-16-9-21-36-29)32-27-15-8-7-14-25(26)27)34-19-17-33(18-20-34)30(23-10-3-1-4-11-23)24-12-5-2-6-13-24/h1-16,21-22,30H,17-20H2. The van der Waals surface area contributed by atoms with E-state index in [1.165, 1.54) is 11.1 Å². The number of carbonyl (C=O) groups excluding carboxylic acids is 1. The second kappa shape index (κ2) is 9.80. The van der Waals surface area contributed by atoms with Gasteiger partial charge in [-0.2, -0.15) is 0 Å². The lowest BCUT2D eigenvalue weighted by Crippen LogP contribution is -2.49. The first-order valence-corrected chi connectivity index (χ1v) is 12.3. The Bertz CT molecular complexity index is 1420. The van der Waals surface area contributed by atoms with Crippen LogP contribution in [0.4, 0.5) is 0 Å². The van der Waals surface area contributed by atoms with Crippen LogP contribution < -0.4 is 0 Å². The summed E-state index contributed by atoms with van der Waals surface area (Å²) in [5, 5.41) is 0.867. The van der Waals surface area contributed by atoms with Gasteiger partial charge in [0.15, 0.2) is 5.76 Å². The van der Waals surface area contributed by atoms with Gasteiger partial charge in [0.2, 0.25) is 0 Å². The van der Waals surface area contributed by atoms with Crippen LogP contribution in [0, 0.1) is 0 Å². The molecule has 1 aliphatic heterocycles. The highest BCUT2D eigenvalue weighted by atomic mass is 16.3. The summed E-state index contributed by atoms with van der Waals surface area (Å²) in [5.74, 6) is 0.699. The van der Waals surface area contributed by atoms with Crippen molar-refractivity contribution < 1.29 is 9.21 Å². The lowest BCUT2D eigenvalue weighted by Gasteiger charge is -2.40. The van der Waals surface area contributed by atoms with Crippen LogP contribution in [-0.4, -0.2) is 46.9 Å². The Balaban J connectivity index is 1.27. The molecule has 0 atom stereocenters. The van der Waals surface area contributed by atoms with E-state index >= 15 is 0 Å². The van der Waals surface area contributed by atoms with Crippen molar-refractivity contribution in [2.24, 2.45) is 0 Å². The highest BCUT2D eigenvalue weighted by molar-refractivity contribution is 6.07. The van der Waals surface area contributed by atoms with Gasteiger partial charge in [-0.15, -0.1) is 0 Å². The number of furan rings is 1. The minimum absolute atomic E-state index is 0.0389. The van der Waals surface area contributed by atoms with E-state index in [2.05, 4.69) is 65.6 Å². The molecule has 1 aliphatic rings. The van der Waals surface area contributed by atoms with E-state index in [0.717, 1.165) is 24.0 Å². The number of nitrogens with zero attached hydrogens (tertiary/aromatic N) is 3. The van der Waals surface area contributed by atoms with Crippen molar-refractivity contribution in [3.63, 3.8) is 0 Å². The summed E-state index contributed by atoms with van der Waals surface area (Å²) in [7, 11) is 0. The number of hydrogen-bond donors (Lipinski definition) is 0. The highest BCUT2D eigenvalue weighted by Crippen LogP contribution is 2.31. The molecule has 5 nitrogen and oxygen atoms in total. The normalized spacial score (nSPS) is 14.4. The molecule has 178 valence electrons. The number of benzene rings is 3. The number of amides is 1. The van der Waals surface area contributed by atoms with E-state index in [-0.39, 0.29) is 11.9 Å². The molecule has 3 aromatic carbocycles. The Kier molecular flexibility index (Phi) is 6.06. The first-order valence-electron chi connectivity index (χ1n) is 12.3. The van der Waals surface area contributed by atoms with E-state index in [4.69, 9.17) is 9.40 Å². The maximum Gasteiger partial charge on any atom is 0.254 e. The molecule has 0 N–H and O–H groups in total. The quantitative estimate of drug-likeness (QED) is 0.312. The Morgan fingerprint density at radius 2 is 1.39 bits per heavy atom. The molecule has 5 heteroatoms. The summed E-state index contributed by atoms with van der Waals surface area (Å²) in [6.07, 6.45) is 1.63. The fourth-order valence-electron chi connectivity index (χ4n) is 5.14. The van der Waals surface area contributed by atoms with Crippen LogP contribution in [0.1, 0.15) is 27.5 Å². The van der Waals surface area contributed by atoms with E-state index in [0.29, 0.717) is 30.1 Å². The molecule has 0 radical (unpaired) electrons. The Hall–Kier alpha value is -4.22. The smallest absolute Gasteiger partial charge is 0.254 e. The number of aromatic nitrogens is 1. The van der Waals surface area contributed by atoms with E-state index < -0.39 is 0 Å². The predicted molar refractivity (Wildman–Crippen MR) is 142 cm³/mol. The Morgan fingerprint density at radius 1 is 0.750 bits per heavy atom. The zero-order valence-corrected chi connectivity index (χ0v) is 20.0. The van der Waals surface area contributed by atoms with Crippen LogP contribution in [0.3, 0.4) is 0 Å². The van der Waals surface area contributed by atoms with Crippen LogP contribution in [-0.2, 0) is 0 Å². The lowest BCUT2D eigenvalue weighted by atomic mass is 9.96. The number of piperazine rings is 1. The second-order valence-electron chi connectivity index (χ2n) is 9.10. The molecule has 5 aromatic rings. The van der Waals surface area contributed by atoms with Crippen LogP contribution in [0.2, 0.25) is 0 Å². The van der Waals surface area contributed by atoms with Crippen LogP contribution in [0.5, 0.6) is 0 Å². The van der Waals surface area contributed by atoms with E-state index in [1.807, 2.05) is 47.4 Å². The molecule has 0 unspecified atom stereocenters. The molecule has 0 aliphatic carbocycles. The number of carbonyl (C=O) groups is 1.